The largest absolute Gasteiger partial charge is 0.494 e. The maximum Gasteiger partial charge on any atom is 0.211 e. The molecule has 5 nitrogen and oxygen atoms in total. The van der Waals surface area contributed by atoms with Gasteiger partial charge in [-0.1, -0.05) is 25.6 Å². The van der Waals surface area contributed by atoms with Gasteiger partial charge in [-0.05, 0) is 42.5 Å². The Labute approximate surface area is 129 Å². The molecule has 0 spiro atoms. The Morgan fingerprint density at radius 2 is 2.00 bits per heavy atom. The molecule has 1 aromatic heterocycles. The molecule has 2 rings (SSSR count). The van der Waals surface area contributed by atoms with Gasteiger partial charge in [-0.2, -0.15) is 9.78 Å². The lowest BCUT2D eigenvalue weighted by molar-refractivity contribution is 0.317. The third kappa shape index (κ3) is 4.07. The first-order valence-electron chi connectivity index (χ1n) is 7.04. The van der Waals surface area contributed by atoms with E-state index in [2.05, 4.69) is 22.2 Å². The van der Waals surface area contributed by atoms with Gasteiger partial charge < -0.3 is 4.74 Å². The second-order valence-electron chi connectivity index (χ2n) is 4.43. The standard InChI is InChI=1S/C15H20N4OS/c1-4-10-20-13-8-6-12(7-9-13)11-16-19-14(5-2)17-18-15(19)21-3/h6-9,11H,4-5,10H2,1-3H3/b16-11-. The molecule has 0 saturated heterocycles. The van der Waals surface area contributed by atoms with Crippen LogP contribution in [0.15, 0.2) is 34.5 Å². The van der Waals surface area contributed by atoms with Gasteiger partial charge in [0.25, 0.3) is 0 Å². The van der Waals surface area contributed by atoms with Gasteiger partial charge in [0, 0.05) is 6.42 Å². The molecule has 0 atom stereocenters. The molecule has 0 aliphatic heterocycles. The van der Waals surface area contributed by atoms with E-state index in [1.165, 1.54) is 11.8 Å². The van der Waals surface area contributed by atoms with Crippen molar-refractivity contribution in [2.75, 3.05) is 12.9 Å². The summed E-state index contributed by atoms with van der Waals surface area (Å²) in [5, 5.41) is 13.5. The third-order valence-corrected chi connectivity index (χ3v) is 3.47. The molecule has 0 fully saturated rings. The maximum absolute atomic E-state index is 5.56. The van der Waals surface area contributed by atoms with Crippen LogP contribution < -0.4 is 4.74 Å². The van der Waals surface area contributed by atoms with E-state index < -0.39 is 0 Å². The molecule has 21 heavy (non-hydrogen) atoms. The molecule has 112 valence electrons. The fourth-order valence-corrected chi connectivity index (χ4v) is 2.20. The first-order chi connectivity index (χ1) is 10.3. The Balaban J connectivity index is 2.12. The van der Waals surface area contributed by atoms with E-state index in [0.717, 1.165) is 41.7 Å². The predicted molar refractivity (Wildman–Crippen MR) is 86.4 cm³/mol. The van der Waals surface area contributed by atoms with E-state index in [4.69, 9.17) is 4.74 Å². The van der Waals surface area contributed by atoms with Gasteiger partial charge in [-0.25, -0.2) is 0 Å². The number of benzene rings is 1. The van der Waals surface area contributed by atoms with Gasteiger partial charge in [-0.3, -0.25) is 0 Å². The molecule has 0 aliphatic carbocycles. The number of hydrogen-bond acceptors (Lipinski definition) is 5. The van der Waals surface area contributed by atoms with Gasteiger partial charge in [-0.15, -0.1) is 10.2 Å². The minimum atomic E-state index is 0.741. The van der Waals surface area contributed by atoms with E-state index in [1.54, 1.807) is 4.68 Å². The monoisotopic (exact) mass is 304 g/mol. The van der Waals surface area contributed by atoms with Gasteiger partial charge in [0.2, 0.25) is 5.16 Å². The number of hydrogen-bond donors (Lipinski definition) is 0. The van der Waals surface area contributed by atoms with Crippen LogP contribution in [0.1, 0.15) is 31.7 Å². The van der Waals surface area contributed by atoms with E-state index in [-0.39, 0.29) is 0 Å². The first kappa shape index (κ1) is 15.6. The fraction of sp³-hybridized carbons (Fsp3) is 0.400. The molecule has 0 amide bonds. The van der Waals surface area contributed by atoms with Gasteiger partial charge in [0.15, 0.2) is 5.82 Å². The van der Waals surface area contributed by atoms with Crippen molar-refractivity contribution >= 4 is 18.0 Å². The second kappa shape index (κ2) is 7.83. The Morgan fingerprint density at radius 1 is 1.24 bits per heavy atom. The highest BCUT2D eigenvalue weighted by Gasteiger charge is 2.07. The number of aryl methyl sites for hydroxylation is 1. The van der Waals surface area contributed by atoms with Gasteiger partial charge in [0.05, 0.1) is 12.8 Å². The molecular formula is C15H20N4OS. The van der Waals surface area contributed by atoms with Crippen LogP contribution in [0.25, 0.3) is 0 Å². The number of ether oxygens (including phenoxy) is 1. The van der Waals surface area contributed by atoms with Gasteiger partial charge >= 0.3 is 0 Å². The summed E-state index contributed by atoms with van der Waals surface area (Å²) in [5.41, 5.74) is 1.02. The van der Waals surface area contributed by atoms with Crippen molar-refractivity contribution < 1.29 is 4.74 Å². The van der Waals surface area contributed by atoms with Crippen molar-refractivity contribution in [2.45, 2.75) is 31.8 Å². The average molecular weight is 304 g/mol. The van der Waals surface area contributed by atoms with E-state index in [9.17, 15) is 0 Å². The number of nitrogens with zero attached hydrogens (tertiary/aromatic N) is 4. The van der Waals surface area contributed by atoms with Gasteiger partial charge in [0.1, 0.15) is 5.75 Å². The molecular weight excluding hydrogens is 284 g/mol. The highest BCUT2D eigenvalue weighted by molar-refractivity contribution is 7.98. The lowest BCUT2D eigenvalue weighted by Crippen LogP contribution is -1.99. The molecule has 0 bridgehead atoms. The van der Waals surface area contributed by atoms with Crippen LogP contribution in [0.3, 0.4) is 0 Å². The highest BCUT2D eigenvalue weighted by Crippen LogP contribution is 2.15. The SMILES string of the molecule is CCCOc1ccc(/C=N\n2c(CC)nnc2SC)cc1. The maximum atomic E-state index is 5.56. The zero-order valence-corrected chi connectivity index (χ0v) is 13.4. The van der Waals surface area contributed by atoms with Crippen molar-refractivity contribution in [1.29, 1.82) is 0 Å². The van der Waals surface area contributed by atoms with Crippen molar-refractivity contribution in [1.82, 2.24) is 14.9 Å². The predicted octanol–water partition coefficient (Wildman–Crippen LogP) is 3.23. The van der Waals surface area contributed by atoms with Crippen LogP contribution in [0, 0.1) is 0 Å². The van der Waals surface area contributed by atoms with Crippen LogP contribution >= 0.6 is 11.8 Å². The first-order valence-corrected chi connectivity index (χ1v) is 8.26. The van der Waals surface area contributed by atoms with Crippen molar-refractivity contribution in [3.05, 3.63) is 35.7 Å². The van der Waals surface area contributed by atoms with Crippen LogP contribution in [0.5, 0.6) is 5.75 Å². The summed E-state index contributed by atoms with van der Waals surface area (Å²) in [5.74, 6) is 1.75. The van der Waals surface area contributed by atoms with Crippen molar-refractivity contribution in [3.63, 3.8) is 0 Å². The summed E-state index contributed by atoms with van der Waals surface area (Å²) in [6.07, 6.45) is 5.59. The van der Waals surface area contributed by atoms with E-state index in [0.29, 0.717) is 0 Å². The average Bonchev–Trinajstić information content (AvgIpc) is 2.93. The minimum absolute atomic E-state index is 0.741. The summed E-state index contributed by atoms with van der Waals surface area (Å²) in [7, 11) is 0. The summed E-state index contributed by atoms with van der Waals surface area (Å²) in [6, 6.07) is 7.89. The summed E-state index contributed by atoms with van der Waals surface area (Å²) < 4.78 is 7.34. The topological polar surface area (TPSA) is 52.3 Å². The quantitative estimate of drug-likeness (QED) is 0.582. The summed E-state index contributed by atoms with van der Waals surface area (Å²) in [4.78, 5) is 0. The lowest BCUT2D eigenvalue weighted by Gasteiger charge is -2.04. The summed E-state index contributed by atoms with van der Waals surface area (Å²) in [6.45, 7) is 4.87. The smallest absolute Gasteiger partial charge is 0.211 e. The Morgan fingerprint density at radius 3 is 2.62 bits per heavy atom. The van der Waals surface area contributed by atoms with Crippen molar-refractivity contribution in [3.8, 4) is 5.75 Å². The zero-order valence-electron chi connectivity index (χ0n) is 12.6. The molecule has 0 saturated carbocycles. The van der Waals surface area contributed by atoms with Crippen LogP contribution in [0.4, 0.5) is 0 Å². The Kier molecular flexibility index (Phi) is 5.80. The third-order valence-electron chi connectivity index (χ3n) is 2.85. The van der Waals surface area contributed by atoms with Crippen LogP contribution in [-0.4, -0.2) is 34.0 Å². The Bertz CT molecular complexity index is 571. The molecule has 0 radical (unpaired) electrons. The van der Waals surface area contributed by atoms with Crippen molar-refractivity contribution in [2.24, 2.45) is 5.10 Å². The molecule has 0 aliphatic rings. The molecule has 2 aromatic rings. The van der Waals surface area contributed by atoms with E-state index in [1.807, 2.05) is 43.7 Å². The minimum Gasteiger partial charge on any atom is -0.494 e. The Hall–Kier alpha value is -1.82. The molecule has 0 unspecified atom stereocenters. The highest BCUT2D eigenvalue weighted by atomic mass is 32.2. The fourth-order valence-electron chi connectivity index (χ4n) is 1.75. The number of aromatic nitrogens is 3. The summed E-state index contributed by atoms with van der Waals surface area (Å²) >= 11 is 1.53. The molecule has 1 aromatic carbocycles. The van der Waals surface area contributed by atoms with E-state index >= 15 is 0 Å². The lowest BCUT2D eigenvalue weighted by atomic mass is 10.2. The normalized spacial score (nSPS) is 11.2. The molecule has 0 N–H and O–H groups in total. The van der Waals surface area contributed by atoms with Crippen LogP contribution in [0.2, 0.25) is 0 Å². The zero-order chi connectivity index (χ0) is 15.1. The molecule has 1 heterocycles. The number of rotatable bonds is 7. The molecule has 6 heteroatoms. The van der Waals surface area contributed by atoms with Crippen LogP contribution in [-0.2, 0) is 6.42 Å². The second-order valence-corrected chi connectivity index (χ2v) is 5.20. The number of thioether (sulfide) groups is 1.